The molecule has 1 fully saturated rings. The van der Waals surface area contributed by atoms with Crippen LogP contribution in [0.15, 0.2) is 12.1 Å². The third-order valence-electron chi connectivity index (χ3n) is 4.98. The van der Waals surface area contributed by atoms with E-state index in [1.165, 1.54) is 5.56 Å². The van der Waals surface area contributed by atoms with Gasteiger partial charge in [-0.25, -0.2) is 0 Å². The van der Waals surface area contributed by atoms with Crippen LogP contribution in [0.3, 0.4) is 0 Å². The number of nitrogens with zero attached hydrogens (tertiary/aromatic N) is 2. The van der Waals surface area contributed by atoms with Crippen LogP contribution in [0, 0.1) is 20.8 Å². The van der Waals surface area contributed by atoms with Crippen molar-refractivity contribution >= 4 is 5.91 Å². The zero-order valence-corrected chi connectivity index (χ0v) is 16.4. The van der Waals surface area contributed by atoms with Gasteiger partial charge in [-0.3, -0.25) is 4.79 Å². The van der Waals surface area contributed by atoms with E-state index in [2.05, 4.69) is 35.2 Å². The summed E-state index contributed by atoms with van der Waals surface area (Å²) in [5, 5.41) is 3.00. The number of rotatable bonds is 7. The van der Waals surface area contributed by atoms with Gasteiger partial charge < -0.3 is 19.9 Å². The first-order chi connectivity index (χ1) is 11.9. The number of benzene rings is 1. The predicted octanol–water partition coefficient (Wildman–Crippen LogP) is 2.13. The Kier molecular flexibility index (Phi) is 7.26. The van der Waals surface area contributed by atoms with E-state index in [1.54, 1.807) is 0 Å². The Bertz CT molecular complexity index is 581. The fourth-order valence-corrected chi connectivity index (χ4v) is 3.10. The summed E-state index contributed by atoms with van der Waals surface area (Å²) in [6, 6.07) is 4.13. The van der Waals surface area contributed by atoms with Crippen LogP contribution < -0.4 is 10.1 Å². The average Bonchev–Trinajstić information content (AvgIpc) is 2.57. The lowest BCUT2D eigenvalue weighted by Gasteiger charge is -2.32. The van der Waals surface area contributed by atoms with Crippen LogP contribution in [0.4, 0.5) is 0 Å². The molecule has 1 aliphatic heterocycles. The molecule has 5 heteroatoms. The van der Waals surface area contributed by atoms with Crippen molar-refractivity contribution in [3.63, 3.8) is 0 Å². The molecule has 1 aliphatic rings. The summed E-state index contributed by atoms with van der Waals surface area (Å²) in [7, 11) is 2.16. The molecule has 1 heterocycles. The van der Waals surface area contributed by atoms with Crippen molar-refractivity contribution in [1.82, 2.24) is 15.1 Å². The van der Waals surface area contributed by atoms with Crippen molar-refractivity contribution in [1.29, 1.82) is 0 Å². The van der Waals surface area contributed by atoms with Gasteiger partial charge in [0.1, 0.15) is 5.75 Å². The summed E-state index contributed by atoms with van der Waals surface area (Å²) in [6.45, 7) is 14.2. The minimum atomic E-state index is -0.483. The molecular formula is C20H33N3O2. The zero-order chi connectivity index (χ0) is 18.4. The Balaban J connectivity index is 1.72. The van der Waals surface area contributed by atoms with E-state index < -0.39 is 6.10 Å². The van der Waals surface area contributed by atoms with E-state index in [1.807, 2.05) is 26.8 Å². The molecule has 1 aromatic carbocycles. The molecule has 0 unspecified atom stereocenters. The lowest BCUT2D eigenvalue weighted by Crippen LogP contribution is -2.45. The van der Waals surface area contributed by atoms with Crippen LogP contribution in [0.1, 0.15) is 30.0 Å². The molecule has 1 amide bonds. The summed E-state index contributed by atoms with van der Waals surface area (Å²) in [5.74, 6) is 0.759. The number of likely N-dealkylation sites (N-methyl/N-ethyl adjacent to an activating group) is 1. The summed E-state index contributed by atoms with van der Waals surface area (Å²) < 4.78 is 5.90. The third kappa shape index (κ3) is 6.01. The molecule has 0 spiro atoms. The van der Waals surface area contributed by atoms with Crippen molar-refractivity contribution in [2.24, 2.45) is 0 Å². The zero-order valence-electron chi connectivity index (χ0n) is 16.4. The van der Waals surface area contributed by atoms with Gasteiger partial charge in [-0.15, -0.1) is 0 Å². The highest BCUT2D eigenvalue weighted by Gasteiger charge is 2.17. The van der Waals surface area contributed by atoms with Crippen molar-refractivity contribution in [3.05, 3.63) is 28.8 Å². The quantitative estimate of drug-likeness (QED) is 0.768. The van der Waals surface area contributed by atoms with E-state index in [0.717, 1.165) is 56.0 Å². The normalized spacial score (nSPS) is 17.3. The summed E-state index contributed by atoms with van der Waals surface area (Å²) in [5.41, 5.74) is 3.44. The maximum Gasteiger partial charge on any atom is 0.260 e. The smallest absolute Gasteiger partial charge is 0.260 e. The monoisotopic (exact) mass is 347 g/mol. The molecule has 1 atom stereocenters. The van der Waals surface area contributed by atoms with Crippen LogP contribution in [-0.4, -0.2) is 68.1 Å². The van der Waals surface area contributed by atoms with Gasteiger partial charge in [0.2, 0.25) is 0 Å². The number of hydrogen-bond acceptors (Lipinski definition) is 4. The minimum absolute atomic E-state index is 0.0445. The lowest BCUT2D eigenvalue weighted by atomic mass is 10.1. The van der Waals surface area contributed by atoms with Crippen molar-refractivity contribution < 1.29 is 9.53 Å². The fourth-order valence-electron chi connectivity index (χ4n) is 3.10. The average molecular weight is 348 g/mol. The molecule has 25 heavy (non-hydrogen) atoms. The Morgan fingerprint density at radius 3 is 2.56 bits per heavy atom. The summed E-state index contributed by atoms with van der Waals surface area (Å²) >= 11 is 0. The van der Waals surface area contributed by atoms with Gasteiger partial charge in [0, 0.05) is 32.7 Å². The maximum absolute atomic E-state index is 12.3. The molecule has 1 saturated heterocycles. The highest BCUT2D eigenvalue weighted by atomic mass is 16.5. The number of nitrogens with one attached hydrogen (secondary N) is 1. The van der Waals surface area contributed by atoms with E-state index in [9.17, 15) is 4.79 Å². The summed E-state index contributed by atoms with van der Waals surface area (Å²) in [6.07, 6.45) is 0.494. The van der Waals surface area contributed by atoms with E-state index in [-0.39, 0.29) is 5.91 Å². The van der Waals surface area contributed by atoms with Crippen LogP contribution >= 0.6 is 0 Å². The Morgan fingerprint density at radius 1 is 1.20 bits per heavy atom. The van der Waals surface area contributed by atoms with Crippen molar-refractivity contribution in [2.45, 2.75) is 40.2 Å². The van der Waals surface area contributed by atoms with Crippen LogP contribution in [-0.2, 0) is 4.79 Å². The first kappa shape index (κ1) is 19.7. The van der Waals surface area contributed by atoms with Crippen LogP contribution in [0.2, 0.25) is 0 Å². The molecule has 0 bridgehead atoms. The largest absolute Gasteiger partial charge is 0.481 e. The topological polar surface area (TPSA) is 44.8 Å². The number of ether oxygens (including phenoxy) is 1. The highest BCUT2D eigenvalue weighted by molar-refractivity contribution is 5.80. The van der Waals surface area contributed by atoms with Gasteiger partial charge in [0.05, 0.1) is 0 Å². The number of piperazine rings is 1. The predicted molar refractivity (Wildman–Crippen MR) is 102 cm³/mol. The second-order valence-corrected chi connectivity index (χ2v) is 7.25. The van der Waals surface area contributed by atoms with E-state index in [4.69, 9.17) is 4.74 Å². The second-order valence-electron chi connectivity index (χ2n) is 7.25. The molecule has 1 N–H and O–H groups in total. The first-order valence-electron chi connectivity index (χ1n) is 9.30. The number of carbonyl (C=O) groups excluding carboxylic acids is 1. The Hall–Kier alpha value is -1.59. The van der Waals surface area contributed by atoms with Gasteiger partial charge >= 0.3 is 0 Å². The molecule has 0 radical (unpaired) electrons. The Morgan fingerprint density at radius 2 is 1.88 bits per heavy atom. The molecule has 140 valence electrons. The number of aryl methyl sites for hydroxylation is 2. The third-order valence-corrected chi connectivity index (χ3v) is 4.98. The SMILES string of the molecule is Cc1cc(C)c(C)c(O[C@H](C)C(=O)NCCCN2CCN(C)CC2)c1. The number of amides is 1. The van der Waals surface area contributed by atoms with Crippen LogP contribution in [0.25, 0.3) is 0 Å². The Labute approximate surface area is 152 Å². The number of hydrogen-bond donors (Lipinski definition) is 1. The molecule has 0 aromatic heterocycles. The maximum atomic E-state index is 12.3. The molecule has 5 nitrogen and oxygen atoms in total. The standard InChI is InChI=1S/C20H33N3O2/c1-15-13-16(2)17(3)19(14-15)25-18(4)20(24)21-7-6-8-23-11-9-22(5)10-12-23/h13-14,18H,6-12H2,1-5H3,(H,21,24)/t18-/m1/s1. The molecule has 1 aromatic rings. The van der Waals surface area contributed by atoms with Gasteiger partial charge in [-0.1, -0.05) is 6.07 Å². The highest BCUT2D eigenvalue weighted by Crippen LogP contribution is 2.24. The van der Waals surface area contributed by atoms with Gasteiger partial charge in [0.25, 0.3) is 5.91 Å². The van der Waals surface area contributed by atoms with Crippen molar-refractivity contribution in [2.75, 3.05) is 46.3 Å². The van der Waals surface area contributed by atoms with Gasteiger partial charge in [-0.2, -0.15) is 0 Å². The minimum Gasteiger partial charge on any atom is -0.481 e. The molecule has 0 aliphatic carbocycles. The first-order valence-corrected chi connectivity index (χ1v) is 9.30. The van der Waals surface area contributed by atoms with Crippen LogP contribution in [0.5, 0.6) is 5.75 Å². The van der Waals surface area contributed by atoms with E-state index in [0.29, 0.717) is 6.54 Å². The number of carbonyl (C=O) groups is 1. The van der Waals surface area contributed by atoms with E-state index >= 15 is 0 Å². The molecular weight excluding hydrogens is 314 g/mol. The van der Waals surface area contributed by atoms with Crippen molar-refractivity contribution in [3.8, 4) is 5.75 Å². The molecule has 2 rings (SSSR count). The van der Waals surface area contributed by atoms with Gasteiger partial charge in [0.15, 0.2) is 6.10 Å². The summed E-state index contributed by atoms with van der Waals surface area (Å²) in [4.78, 5) is 17.1. The fraction of sp³-hybridized carbons (Fsp3) is 0.650. The van der Waals surface area contributed by atoms with Gasteiger partial charge in [-0.05, 0) is 70.5 Å². The second kappa shape index (κ2) is 9.20. The molecule has 0 saturated carbocycles. The lowest BCUT2D eigenvalue weighted by molar-refractivity contribution is -0.127.